The van der Waals surface area contributed by atoms with Crippen LogP contribution in [0.15, 0.2) is 12.4 Å². The lowest BCUT2D eigenvalue weighted by molar-refractivity contribution is 0.575. The summed E-state index contributed by atoms with van der Waals surface area (Å²) in [5, 5.41) is 7.72. The van der Waals surface area contributed by atoms with Crippen LogP contribution in [0.3, 0.4) is 0 Å². The van der Waals surface area contributed by atoms with Crippen molar-refractivity contribution in [3.63, 3.8) is 0 Å². The van der Waals surface area contributed by atoms with Crippen molar-refractivity contribution in [2.24, 2.45) is 7.05 Å². The predicted octanol–water partition coefficient (Wildman–Crippen LogP) is 2.09. The Morgan fingerprint density at radius 3 is 2.78 bits per heavy atom. The molecule has 2 heterocycles. The molecule has 98 valence electrons. The van der Waals surface area contributed by atoms with Crippen LogP contribution in [0.4, 0.5) is 0 Å². The Balaban J connectivity index is 2.42. The van der Waals surface area contributed by atoms with Gasteiger partial charge in [0, 0.05) is 19.4 Å². The molecule has 1 N–H and O–H groups in total. The maximum atomic E-state index is 4.44. The number of imidazole rings is 1. The SMILES string of the molecule is CCNC(c1snnc1C(C)C)c1nccn1C. The molecule has 0 aliphatic heterocycles. The highest BCUT2D eigenvalue weighted by Gasteiger charge is 2.24. The molecule has 0 radical (unpaired) electrons. The molecule has 2 aromatic rings. The van der Waals surface area contributed by atoms with Gasteiger partial charge in [-0.3, -0.25) is 0 Å². The van der Waals surface area contributed by atoms with E-state index in [-0.39, 0.29) is 6.04 Å². The molecule has 5 nitrogen and oxygen atoms in total. The van der Waals surface area contributed by atoms with Crippen molar-refractivity contribution in [1.29, 1.82) is 0 Å². The maximum Gasteiger partial charge on any atom is 0.131 e. The topological polar surface area (TPSA) is 55.6 Å². The van der Waals surface area contributed by atoms with E-state index in [2.05, 4.69) is 40.7 Å². The smallest absolute Gasteiger partial charge is 0.131 e. The zero-order valence-corrected chi connectivity index (χ0v) is 12.0. The van der Waals surface area contributed by atoms with Crippen molar-refractivity contribution >= 4 is 11.5 Å². The summed E-state index contributed by atoms with van der Waals surface area (Å²) in [6.07, 6.45) is 3.78. The van der Waals surface area contributed by atoms with Gasteiger partial charge in [-0.2, -0.15) is 0 Å². The Hall–Kier alpha value is -1.27. The van der Waals surface area contributed by atoms with Crippen LogP contribution in [-0.4, -0.2) is 25.7 Å². The lowest BCUT2D eigenvalue weighted by Gasteiger charge is -2.17. The molecule has 2 rings (SSSR count). The van der Waals surface area contributed by atoms with E-state index >= 15 is 0 Å². The molecular formula is C12H19N5S. The summed E-state index contributed by atoms with van der Waals surface area (Å²) in [6.45, 7) is 7.26. The van der Waals surface area contributed by atoms with Crippen LogP contribution in [0, 0.1) is 0 Å². The molecule has 0 aromatic carbocycles. The van der Waals surface area contributed by atoms with Crippen LogP contribution in [-0.2, 0) is 7.05 Å². The average Bonchev–Trinajstić information content (AvgIpc) is 2.94. The summed E-state index contributed by atoms with van der Waals surface area (Å²) in [6, 6.07) is 0.0763. The van der Waals surface area contributed by atoms with Gasteiger partial charge in [-0.05, 0) is 24.0 Å². The normalized spacial score (nSPS) is 13.2. The summed E-state index contributed by atoms with van der Waals surface area (Å²) in [5.74, 6) is 1.38. The van der Waals surface area contributed by atoms with Gasteiger partial charge in [0.1, 0.15) is 11.9 Å². The van der Waals surface area contributed by atoms with E-state index in [0.717, 1.165) is 18.1 Å². The van der Waals surface area contributed by atoms with Gasteiger partial charge in [0.15, 0.2) is 0 Å². The molecule has 0 fully saturated rings. The van der Waals surface area contributed by atoms with Gasteiger partial charge in [0.05, 0.1) is 10.6 Å². The van der Waals surface area contributed by atoms with Crippen LogP contribution < -0.4 is 5.32 Å². The van der Waals surface area contributed by atoms with Gasteiger partial charge in [0.2, 0.25) is 0 Å². The Morgan fingerprint density at radius 2 is 2.22 bits per heavy atom. The minimum Gasteiger partial charge on any atom is -0.336 e. The minimum atomic E-state index is 0.0763. The molecule has 0 aliphatic rings. The molecule has 0 saturated heterocycles. The van der Waals surface area contributed by atoms with Crippen molar-refractivity contribution in [3.05, 3.63) is 28.8 Å². The van der Waals surface area contributed by atoms with E-state index in [1.807, 2.05) is 24.0 Å². The molecule has 18 heavy (non-hydrogen) atoms. The predicted molar refractivity (Wildman–Crippen MR) is 72.7 cm³/mol. The van der Waals surface area contributed by atoms with Crippen molar-refractivity contribution in [3.8, 4) is 0 Å². The second-order valence-electron chi connectivity index (χ2n) is 4.56. The first-order valence-corrected chi connectivity index (χ1v) is 6.95. The molecule has 0 spiro atoms. The van der Waals surface area contributed by atoms with Gasteiger partial charge in [-0.15, -0.1) is 5.10 Å². The lowest BCUT2D eigenvalue weighted by Crippen LogP contribution is -2.25. The first-order valence-electron chi connectivity index (χ1n) is 6.17. The standard InChI is InChI=1S/C12H19N5S/c1-5-13-10(12-14-6-7-17(12)4)11-9(8(2)3)15-16-18-11/h6-8,10,13H,5H2,1-4H3. The van der Waals surface area contributed by atoms with E-state index in [4.69, 9.17) is 0 Å². The van der Waals surface area contributed by atoms with Gasteiger partial charge in [0.25, 0.3) is 0 Å². The molecule has 6 heteroatoms. The zero-order chi connectivity index (χ0) is 13.1. The minimum absolute atomic E-state index is 0.0763. The number of aromatic nitrogens is 4. The van der Waals surface area contributed by atoms with Crippen molar-refractivity contribution in [2.75, 3.05) is 6.54 Å². The highest BCUT2D eigenvalue weighted by molar-refractivity contribution is 7.05. The quantitative estimate of drug-likeness (QED) is 0.899. The third kappa shape index (κ3) is 2.44. The van der Waals surface area contributed by atoms with Crippen LogP contribution in [0.5, 0.6) is 0 Å². The second kappa shape index (κ2) is 5.58. The van der Waals surface area contributed by atoms with Crippen LogP contribution >= 0.6 is 11.5 Å². The van der Waals surface area contributed by atoms with E-state index in [0.29, 0.717) is 5.92 Å². The second-order valence-corrected chi connectivity index (χ2v) is 5.35. The zero-order valence-electron chi connectivity index (χ0n) is 11.2. The van der Waals surface area contributed by atoms with E-state index < -0.39 is 0 Å². The highest BCUT2D eigenvalue weighted by Crippen LogP contribution is 2.29. The summed E-state index contributed by atoms with van der Waals surface area (Å²) < 4.78 is 6.14. The van der Waals surface area contributed by atoms with Crippen LogP contribution in [0.2, 0.25) is 0 Å². The lowest BCUT2D eigenvalue weighted by atomic mass is 10.1. The fraction of sp³-hybridized carbons (Fsp3) is 0.583. The largest absolute Gasteiger partial charge is 0.336 e. The molecule has 0 bridgehead atoms. The summed E-state index contributed by atoms with van der Waals surface area (Å²) in [7, 11) is 2.01. The molecule has 2 aromatic heterocycles. The highest BCUT2D eigenvalue weighted by atomic mass is 32.1. The summed E-state index contributed by atoms with van der Waals surface area (Å²) in [5.41, 5.74) is 1.06. The molecule has 0 amide bonds. The van der Waals surface area contributed by atoms with Crippen molar-refractivity contribution < 1.29 is 0 Å². The van der Waals surface area contributed by atoms with Gasteiger partial charge >= 0.3 is 0 Å². The molecule has 0 aliphatic carbocycles. The summed E-state index contributed by atoms with van der Waals surface area (Å²) >= 11 is 1.46. The van der Waals surface area contributed by atoms with Gasteiger partial charge < -0.3 is 9.88 Å². The third-order valence-electron chi connectivity index (χ3n) is 2.87. The van der Waals surface area contributed by atoms with E-state index in [1.54, 1.807) is 0 Å². The van der Waals surface area contributed by atoms with E-state index in [1.165, 1.54) is 16.4 Å². The molecule has 1 atom stereocenters. The number of rotatable bonds is 5. The average molecular weight is 265 g/mol. The molecule has 1 unspecified atom stereocenters. The number of hydrogen-bond donors (Lipinski definition) is 1. The third-order valence-corrected chi connectivity index (χ3v) is 3.68. The Morgan fingerprint density at radius 1 is 1.44 bits per heavy atom. The first kappa shape index (κ1) is 13.2. The Labute approximate surface area is 111 Å². The first-order chi connectivity index (χ1) is 8.65. The number of nitrogens with zero attached hydrogens (tertiary/aromatic N) is 4. The van der Waals surface area contributed by atoms with Crippen molar-refractivity contribution in [2.45, 2.75) is 32.7 Å². The fourth-order valence-corrected chi connectivity index (χ4v) is 2.85. The van der Waals surface area contributed by atoms with E-state index in [9.17, 15) is 0 Å². The number of nitrogens with one attached hydrogen (secondary N) is 1. The van der Waals surface area contributed by atoms with Crippen molar-refractivity contribution in [1.82, 2.24) is 24.5 Å². The Kier molecular flexibility index (Phi) is 4.08. The molecule has 0 saturated carbocycles. The monoisotopic (exact) mass is 265 g/mol. The van der Waals surface area contributed by atoms with Gasteiger partial charge in [-0.1, -0.05) is 25.3 Å². The number of aryl methyl sites for hydroxylation is 1. The number of hydrogen-bond acceptors (Lipinski definition) is 5. The fourth-order valence-electron chi connectivity index (χ4n) is 1.97. The maximum absolute atomic E-state index is 4.44. The Bertz CT molecular complexity index is 502. The van der Waals surface area contributed by atoms with Gasteiger partial charge in [-0.25, -0.2) is 4.98 Å². The van der Waals surface area contributed by atoms with Crippen LogP contribution in [0.25, 0.3) is 0 Å². The van der Waals surface area contributed by atoms with Crippen LogP contribution in [0.1, 0.15) is 49.1 Å². The summed E-state index contributed by atoms with van der Waals surface area (Å²) in [4.78, 5) is 5.61. The molecular weight excluding hydrogens is 246 g/mol.